The summed E-state index contributed by atoms with van der Waals surface area (Å²) in [5.74, 6) is -3.26. The third kappa shape index (κ3) is 12.9. The van der Waals surface area contributed by atoms with Gasteiger partial charge in [0.2, 0.25) is 0 Å². The van der Waals surface area contributed by atoms with Gasteiger partial charge in [0.05, 0.1) is 30.8 Å². The number of hydrogen-bond acceptors (Lipinski definition) is 12. The average Bonchev–Trinajstić information content (AvgIpc) is 3.24. The van der Waals surface area contributed by atoms with Crippen molar-refractivity contribution in [3.05, 3.63) is 145 Å². The summed E-state index contributed by atoms with van der Waals surface area (Å²) in [6.45, 7) is -7.01. The van der Waals surface area contributed by atoms with Crippen LogP contribution < -0.4 is 28.7 Å². The van der Waals surface area contributed by atoms with Crippen LogP contribution in [0.5, 0.6) is 23.0 Å². The third-order valence-electron chi connectivity index (χ3n) is 8.17. The Hall–Kier alpha value is -7.64. The molecule has 0 saturated carbocycles. The maximum atomic E-state index is 12.8. The van der Waals surface area contributed by atoms with Gasteiger partial charge in [-0.1, -0.05) is 6.07 Å². The second kappa shape index (κ2) is 21.4. The molecule has 318 valence electrons. The highest BCUT2D eigenvalue weighted by molar-refractivity contribution is 5.89. The Morgan fingerprint density at radius 2 is 0.967 bits per heavy atom. The normalized spacial score (nSPS) is 10.8. The maximum Gasteiger partial charge on any atom is 0.387 e. The Morgan fingerprint density at radius 3 is 1.44 bits per heavy atom. The van der Waals surface area contributed by atoms with E-state index in [0.29, 0.717) is 29.2 Å². The van der Waals surface area contributed by atoms with Crippen LogP contribution in [0.1, 0.15) is 38.8 Å². The molecule has 0 saturated heterocycles. The van der Waals surface area contributed by atoms with E-state index in [4.69, 9.17) is 9.84 Å². The Morgan fingerprint density at radius 1 is 0.541 bits per heavy atom. The third-order valence-corrected chi connectivity index (χ3v) is 8.17. The van der Waals surface area contributed by atoms with Gasteiger partial charge in [-0.05, 0) is 73.7 Å². The number of carbonyl (C=O) groups is 2. The zero-order valence-corrected chi connectivity index (χ0v) is 31.7. The van der Waals surface area contributed by atoms with E-state index < -0.39 is 43.3 Å². The lowest BCUT2D eigenvalue weighted by Crippen LogP contribution is -2.18. The lowest BCUT2D eigenvalue weighted by atomic mass is 10.1. The summed E-state index contributed by atoms with van der Waals surface area (Å²) in [6.07, 6.45) is 9.09. The molecule has 0 atom stereocenters. The predicted octanol–water partition coefficient (Wildman–Crippen LogP) is 9.23. The van der Waals surface area contributed by atoms with Crippen molar-refractivity contribution in [1.29, 1.82) is 0 Å². The van der Waals surface area contributed by atoms with Gasteiger partial charge in [0, 0.05) is 70.8 Å². The number of rotatable bonds is 18. The monoisotopic (exact) mass is 852 g/mol. The SMILES string of the molecule is CCOc1cc(N(Cc2cncnc2)c2ccc(C(=O)O)cc2)ccc1OC(F)F.O=C(O)c1cccc(N(Cc2cncnc2)c2ccc(OC(F)F)c(OC(F)F)c2)c1. The van der Waals surface area contributed by atoms with Gasteiger partial charge < -0.3 is 39.0 Å². The summed E-state index contributed by atoms with van der Waals surface area (Å²) in [7, 11) is 0. The number of anilines is 4. The van der Waals surface area contributed by atoms with E-state index in [0.717, 1.165) is 17.7 Å². The van der Waals surface area contributed by atoms with Crippen LogP contribution in [0.15, 0.2) is 122 Å². The minimum atomic E-state index is -3.28. The van der Waals surface area contributed by atoms with Crippen LogP contribution in [-0.2, 0) is 13.1 Å². The summed E-state index contributed by atoms with van der Waals surface area (Å²) in [5, 5.41) is 18.4. The van der Waals surface area contributed by atoms with E-state index in [2.05, 4.69) is 34.1 Å². The van der Waals surface area contributed by atoms with Crippen molar-refractivity contribution in [2.75, 3.05) is 16.4 Å². The van der Waals surface area contributed by atoms with Gasteiger partial charge in [0.25, 0.3) is 0 Å². The molecule has 0 unspecified atom stereocenters. The first kappa shape index (κ1) is 44.5. The van der Waals surface area contributed by atoms with Crippen LogP contribution in [0.25, 0.3) is 0 Å². The number of alkyl halides is 6. The minimum Gasteiger partial charge on any atom is -0.490 e. The van der Waals surface area contributed by atoms with Crippen LogP contribution in [0.3, 0.4) is 0 Å². The van der Waals surface area contributed by atoms with Crippen LogP contribution in [0.4, 0.5) is 49.1 Å². The van der Waals surface area contributed by atoms with Gasteiger partial charge in [-0.25, -0.2) is 29.5 Å². The summed E-state index contributed by atoms with van der Waals surface area (Å²) in [5.41, 5.74) is 3.53. The lowest BCUT2D eigenvalue weighted by Gasteiger charge is -2.26. The molecule has 0 spiro atoms. The minimum absolute atomic E-state index is 0.00600. The first-order valence-corrected chi connectivity index (χ1v) is 17.8. The number of ether oxygens (including phenoxy) is 4. The van der Waals surface area contributed by atoms with Crippen molar-refractivity contribution in [3.63, 3.8) is 0 Å². The van der Waals surface area contributed by atoms with Gasteiger partial charge in [0.1, 0.15) is 12.7 Å². The number of hydrogen-bond donors (Lipinski definition) is 2. The summed E-state index contributed by atoms with van der Waals surface area (Å²) in [6, 6.07) is 20.3. The largest absolute Gasteiger partial charge is 0.490 e. The molecule has 6 aromatic rings. The Labute approximate surface area is 343 Å². The second-order valence-electron chi connectivity index (χ2n) is 12.2. The molecule has 0 aliphatic rings. The maximum absolute atomic E-state index is 12.8. The van der Waals surface area contributed by atoms with Crippen LogP contribution >= 0.6 is 0 Å². The second-order valence-corrected chi connectivity index (χ2v) is 12.2. The topological polar surface area (TPSA) is 170 Å². The fraction of sp³-hybridized carbons (Fsp3) is 0.171. The fourth-order valence-corrected chi connectivity index (χ4v) is 5.61. The Balaban J connectivity index is 0.000000231. The van der Waals surface area contributed by atoms with Crippen molar-refractivity contribution in [1.82, 2.24) is 19.9 Å². The van der Waals surface area contributed by atoms with Crippen molar-refractivity contribution >= 4 is 34.7 Å². The van der Waals surface area contributed by atoms with E-state index in [1.165, 1.54) is 67.5 Å². The number of aromatic carboxylic acids is 2. The highest BCUT2D eigenvalue weighted by atomic mass is 19.3. The predicted molar refractivity (Wildman–Crippen MR) is 207 cm³/mol. The molecule has 0 radical (unpaired) electrons. The number of aromatic nitrogens is 4. The van der Waals surface area contributed by atoms with Gasteiger partial charge in [-0.15, -0.1) is 0 Å². The van der Waals surface area contributed by atoms with E-state index >= 15 is 0 Å². The molecular weight excluding hydrogens is 818 g/mol. The molecule has 2 N–H and O–H groups in total. The van der Waals surface area contributed by atoms with Gasteiger partial charge >= 0.3 is 31.8 Å². The molecule has 0 fully saturated rings. The van der Waals surface area contributed by atoms with Crippen LogP contribution in [0.2, 0.25) is 0 Å². The first-order chi connectivity index (χ1) is 29.3. The van der Waals surface area contributed by atoms with E-state index in [9.17, 15) is 41.0 Å². The molecule has 20 heteroatoms. The molecule has 4 aromatic carbocycles. The standard InChI is InChI=1S/C21H19F2N3O4.C20H15F4N3O4/c1-2-29-19-9-17(7-8-18(19)30-21(22)23)26(12-14-10-24-13-25-11-14)16-5-3-15(4-6-16)20(27)28;21-19(22)30-16-5-4-15(7-17(16)31-20(23)24)27(10-12-8-25-11-26-9-12)14-3-1-2-13(6-14)18(28)29/h3-11,13,21H,2,12H2,1H3,(H,27,28);1-9,11,19-20H,10H2,(H,28,29). The highest BCUT2D eigenvalue weighted by Gasteiger charge is 2.21. The Kier molecular flexibility index (Phi) is 15.6. The molecule has 0 bridgehead atoms. The molecule has 61 heavy (non-hydrogen) atoms. The number of carboxylic acids is 2. The van der Waals surface area contributed by atoms with Crippen molar-refractivity contribution in [3.8, 4) is 23.0 Å². The number of carboxylic acid groups (broad SMARTS) is 2. The first-order valence-electron chi connectivity index (χ1n) is 17.8. The van der Waals surface area contributed by atoms with Crippen LogP contribution in [0, 0.1) is 0 Å². The summed E-state index contributed by atoms with van der Waals surface area (Å²) < 4.78 is 94.9. The highest BCUT2D eigenvalue weighted by Crippen LogP contribution is 2.39. The molecular formula is C41H34F6N6O8. The molecule has 0 amide bonds. The van der Waals surface area contributed by atoms with Gasteiger partial charge in [-0.2, -0.15) is 26.3 Å². The number of halogens is 6. The summed E-state index contributed by atoms with van der Waals surface area (Å²) >= 11 is 0. The molecule has 14 nitrogen and oxygen atoms in total. The van der Waals surface area contributed by atoms with Crippen LogP contribution in [-0.4, -0.2) is 68.5 Å². The van der Waals surface area contributed by atoms with Crippen molar-refractivity contribution in [2.45, 2.75) is 39.8 Å². The lowest BCUT2D eigenvalue weighted by molar-refractivity contribution is -0.0692. The van der Waals surface area contributed by atoms with Gasteiger partial charge in [0.15, 0.2) is 23.0 Å². The molecule has 2 aromatic heterocycles. The van der Waals surface area contributed by atoms with E-state index in [1.807, 2.05) is 4.90 Å². The average molecular weight is 853 g/mol. The molecule has 0 aliphatic carbocycles. The zero-order valence-electron chi connectivity index (χ0n) is 31.7. The van der Waals surface area contributed by atoms with Gasteiger partial charge in [-0.3, -0.25) is 0 Å². The van der Waals surface area contributed by atoms with E-state index in [1.54, 1.807) is 54.5 Å². The quantitative estimate of drug-likeness (QED) is 0.0785. The number of nitrogens with zero attached hydrogens (tertiary/aromatic N) is 6. The number of benzene rings is 4. The fourth-order valence-electron chi connectivity index (χ4n) is 5.61. The Bertz CT molecular complexity index is 2350. The molecule has 6 rings (SSSR count). The van der Waals surface area contributed by atoms with Crippen molar-refractivity contribution in [2.24, 2.45) is 0 Å². The molecule has 0 aliphatic heterocycles. The van der Waals surface area contributed by atoms with Crippen molar-refractivity contribution < 1.29 is 65.1 Å². The smallest absolute Gasteiger partial charge is 0.387 e. The summed E-state index contributed by atoms with van der Waals surface area (Å²) in [4.78, 5) is 41.8. The molecule has 2 heterocycles. The zero-order chi connectivity index (χ0) is 43.9. The van der Waals surface area contributed by atoms with E-state index in [-0.39, 0.29) is 41.5 Å².